The van der Waals surface area contributed by atoms with E-state index in [4.69, 9.17) is 10.7 Å². The Morgan fingerprint density at radius 1 is 1.35 bits per heavy atom. The molecule has 2 heterocycles. The van der Waals surface area contributed by atoms with Crippen molar-refractivity contribution in [2.24, 2.45) is 5.73 Å². The number of nitrogens with two attached hydrogens (primary N) is 1. The maximum atomic E-state index is 5.57. The molecule has 0 unspecified atom stereocenters. The second-order valence-corrected chi connectivity index (χ2v) is 7.19. The zero-order chi connectivity index (χ0) is 13.6. The number of imidazole rings is 1. The van der Waals surface area contributed by atoms with Crippen molar-refractivity contribution < 1.29 is 0 Å². The highest BCUT2D eigenvalue weighted by molar-refractivity contribution is 14.1. The molecule has 8 heteroatoms. The van der Waals surface area contributed by atoms with E-state index in [1.54, 1.807) is 0 Å². The van der Waals surface area contributed by atoms with Crippen molar-refractivity contribution in [1.82, 2.24) is 9.55 Å². The molecule has 0 saturated heterocycles. The van der Waals surface area contributed by atoms with E-state index in [9.17, 15) is 0 Å². The van der Waals surface area contributed by atoms with E-state index in [-0.39, 0.29) is 12.4 Å². The number of aryl methyl sites for hydroxylation is 2. The number of aromatic nitrogens is 2. The Kier molecular flexibility index (Phi) is 5.61. The van der Waals surface area contributed by atoms with Crippen molar-refractivity contribution in [2.45, 2.75) is 19.4 Å². The highest BCUT2D eigenvalue weighted by Crippen LogP contribution is 2.41. The molecule has 0 radical (unpaired) electrons. The maximum Gasteiger partial charge on any atom is 0.203 e. The molecule has 3 N–H and O–H groups in total. The second kappa shape index (κ2) is 6.68. The lowest BCUT2D eigenvalue weighted by atomic mass is 10.0. The van der Waals surface area contributed by atoms with Crippen LogP contribution in [0.4, 0.5) is 5.95 Å². The summed E-state index contributed by atoms with van der Waals surface area (Å²) in [5.74, 6) is 0.935. The van der Waals surface area contributed by atoms with Crippen LogP contribution >= 0.6 is 66.9 Å². The Morgan fingerprint density at radius 2 is 2.10 bits per heavy atom. The predicted molar refractivity (Wildman–Crippen MR) is 101 cm³/mol. The summed E-state index contributed by atoms with van der Waals surface area (Å²) in [6.07, 6.45) is 2.23. The lowest BCUT2D eigenvalue weighted by molar-refractivity contribution is 0.634. The van der Waals surface area contributed by atoms with E-state index >= 15 is 0 Å². The molecule has 0 atom stereocenters. The summed E-state index contributed by atoms with van der Waals surface area (Å²) in [5.41, 5.74) is 9.25. The second-order valence-electron chi connectivity index (χ2n) is 4.52. The van der Waals surface area contributed by atoms with E-state index in [1.165, 1.54) is 11.1 Å². The van der Waals surface area contributed by atoms with Crippen LogP contribution < -0.4 is 11.1 Å². The molecule has 1 aliphatic heterocycles. The molecule has 1 aromatic carbocycles. The Labute approximate surface area is 154 Å². The minimum absolute atomic E-state index is 0. The largest absolute Gasteiger partial charge is 0.354 e. The van der Waals surface area contributed by atoms with Gasteiger partial charge in [-0.25, -0.2) is 4.98 Å². The van der Waals surface area contributed by atoms with Crippen molar-refractivity contribution >= 4 is 83.8 Å². The molecule has 1 aromatic heterocycles. The van der Waals surface area contributed by atoms with Crippen molar-refractivity contribution in [1.29, 1.82) is 0 Å². The number of nitrogens with one attached hydrogen (secondary N) is 1. The van der Waals surface area contributed by atoms with Crippen LogP contribution in [0.15, 0.2) is 8.95 Å². The molecule has 1 aliphatic rings. The van der Waals surface area contributed by atoms with Crippen molar-refractivity contribution in [3.63, 3.8) is 0 Å². The summed E-state index contributed by atoms with van der Waals surface area (Å²) in [7, 11) is 0. The highest BCUT2D eigenvalue weighted by atomic mass is 127. The van der Waals surface area contributed by atoms with Gasteiger partial charge in [-0.3, -0.25) is 0 Å². The van der Waals surface area contributed by atoms with Crippen LogP contribution in [0, 0.1) is 3.57 Å². The van der Waals surface area contributed by atoms with Crippen molar-refractivity contribution in [3.8, 4) is 0 Å². The first kappa shape index (κ1) is 16.8. The Bertz CT molecular complexity index is 659. The molecule has 0 spiro atoms. The number of hydrogen-bond acceptors (Lipinski definition) is 3. The standard InChI is InChI=1S/C12H13Br2IN4.ClH/c13-7-6-2-1-5-19-11(6)10(9(15)8(7)14)18-12(19)17-4-3-16;/h1-5,16H2,(H,17,18);1H. The van der Waals surface area contributed by atoms with E-state index < -0.39 is 0 Å². The average molecular weight is 536 g/mol. The summed E-state index contributed by atoms with van der Waals surface area (Å²) < 4.78 is 5.70. The molecule has 0 bridgehead atoms. The van der Waals surface area contributed by atoms with Gasteiger partial charge in [-0.15, -0.1) is 12.4 Å². The average Bonchev–Trinajstić information content (AvgIpc) is 2.80. The number of rotatable bonds is 3. The molecule has 3 rings (SSSR count). The lowest BCUT2D eigenvalue weighted by Crippen LogP contribution is -2.17. The molecular weight excluding hydrogens is 522 g/mol. The van der Waals surface area contributed by atoms with Gasteiger partial charge in [-0.2, -0.15) is 0 Å². The molecule has 0 aliphatic carbocycles. The molecule has 0 saturated carbocycles. The fourth-order valence-corrected chi connectivity index (χ4v) is 4.56. The SMILES string of the molecule is Cl.NCCNc1nc2c(I)c(Br)c(Br)c3c2n1CCC3. The Morgan fingerprint density at radius 3 is 2.80 bits per heavy atom. The van der Waals surface area contributed by atoms with Gasteiger partial charge in [-0.1, -0.05) is 0 Å². The number of nitrogens with zero attached hydrogens (tertiary/aromatic N) is 2. The van der Waals surface area contributed by atoms with Crippen LogP contribution in [0.25, 0.3) is 11.0 Å². The van der Waals surface area contributed by atoms with Crippen molar-refractivity contribution in [2.75, 3.05) is 18.4 Å². The topological polar surface area (TPSA) is 55.9 Å². The predicted octanol–water partition coefficient (Wildman–Crippen LogP) is 3.90. The summed E-state index contributed by atoms with van der Waals surface area (Å²) in [5, 5.41) is 3.32. The number of benzene rings is 1. The van der Waals surface area contributed by atoms with Gasteiger partial charge in [0.2, 0.25) is 5.95 Å². The lowest BCUT2D eigenvalue weighted by Gasteiger charge is -2.19. The molecular formula is C12H14Br2ClIN4. The Hall–Kier alpha value is 0.430. The summed E-state index contributed by atoms with van der Waals surface area (Å²) in [6, 6.07) is 0. The molecule has 20 heavy (non-hydrogen) atoms. The van der Waals surface area contributed by atoms with Gasteiger partial charge in [0.25, 0.3) is 0 Å². The minimum Gasteiger partial charge on any atom is -0.354 e. The van der Waals surface area contributed by atoms with Gasteiger partial charge in [0.05, 0.1) is 9.09 Å². The summed E-state index contributed by atoms with van der Waals surface area (Å²) in [4.78, 5) is 4.76. The van der Waals surface area contributed by atoms with Crippen LogP contribution in [0.2, 0.25) is 0 Å². The molecule has 4 nitrogen and oxygen atoms in total. The molecule has 0 amide bonds. The van der Waals surface area contributed by atoms with Gasteiger partial charge >= 0.3 is 0 Å². The molecule has 2 aromatic rings. The van der Waals surface area contributed by atoms with E-state index in [2.05, 4.69) is 64.3 Å². The zero-order valence-corrected chi connectivity index (χ0v) is 16.7. The first-order valence-corrected chi connectivity index (χ1v) is 8.81. The summed E-state index contributed by atoms with van der Waals surface area (Å²) in [6.45, 7) is 2.37. The third kappa shape index (κ3) is 2.60. The molecule has 0 fully saturated rings. The van der Waals surface area contributed by atoms with E-state index in [0.29, 0.717) is 6.54 Å². The third-order valence-electron chi connectivity index (χ3n) is 3.35. The van der Waals surface area contributed by atoms with Crippen LogP contribution in [-0.4, -0.2) is 22.6 Å². The smallest absolute Gasteiger partial charge is 0.203 e. The van der Waals surface area contributed by atoms with Gasteiger partial charge in [0.15, 0.2) is 0 Å². The highest BCUT2D eigenvalue weighted by Gasteiger charge is 2.24. The van der Waals surface area contributed by atoms with Gasteiger partial charge in [-0.05, 0) is 72.9 Å². The number of anilines is 1. The van der Waals surface area contributed by atoms with Crippen LogP contribution in [0.1, 0.15) is 12.0 Å². The van der Waals surface area contributed by atoms with Crippen LogP contribution in [-0.2, 0) is 13.0 Å². The fraction of sp³-hybridized carbons (Fsp3) is 0.417. The molecule has 110 valence electrons. The monoisotopic (exact) mass is 534 g/mol. The van der Waals surface area contributed by atoms with Gasteiger partial charge in [0.1, 0.15) is 5.52 Å². The Balaban J connectivity index is 0.00000147. The van der Waals surface area contributed by atoms with E-state index in [1.807, 2.05) is 0 Å². The van der Waals surface area contributed by atoms with E-state index in [0.717, 1.165) is 49.9 Å². The van der Waals surface area contributed by atoms with Gasteiger partial charge < -0.3 is 15.6 Å². The minimum atomic E-state index is 0. The normalized spacial score (nSPS) is 13.4. The van der Waals surface area contributed by atoms with Crippen LogP contribution in [0.3, 0.4) is 0 Å². The third-order valence-corrected chi connectivity index (χ3v) is 7.34. The number of hydrogen-bond donors (Lipinski definition) is 2. The fourth-order valence-electron chi connectivity index (χ4n) is 2.53. The quantitative estimate of drug-likeness (QED) is 0.463. The van der Waals surface area contributed by atoms with Gasteiger partial charge in [0, 0.05) is 28.6 Å². The first-order chi connectivity index (χ1) is 9.15. The summed E-state index contributed by atoms with van der Waals surface area (Å²) >= 11 is 9.72. The maximum absolute atomic E-state index is 5.57. The van der Waals surface area contributed by atoms with Crippen molar-refractivity contribution in [3.05, 3.63) is 18.1 Å². The van der Waals surface area contributed by atoms with Crippen LogP contribution in [0.5, 0.6) is 0 Å². The first-order valence-electron chi connectivity index (χ1n) is 6.14. The number of halogens is 4. The zero-order valence-electron chi connectivity index (χ0n) is 10.5.